The van der Waals surface area contributed by atoms with Crippen LogP contribution >= 0.6 is 11.6 Å². The molecule has 0 saturated carbocycles. The first kappa shape index (κ1) is 9.21. The second-order valence-corrected chi connectivity index (χ2v) is 3.57. The van der Waals surface area contributed by atoms with Crippen LogP contribution in [-0.4, -0.2) is 15.2 Å². The quantitative estimate of drug-likeness (QED) is 0.709. The molecule has 0 spiro atoms. The predicted molar refractivity (Wildman–Crippen MR) is 54.6 cm³/mol. The van der Waals surface area contributed by atoms with Crippen molar-refractivity contribution in [1.29, 1.82) is 0 Å². The minimum Gasteiger partial charge on any atom is -0.300 e. The first-order valence-electron chi connectivity index (χ1n) is 4.29. The highest BCUT2D eigenvalue weighted by Gasteiger charge is 2.05. The predicted octanol–water partition coefficient (Wildman–Crippen LogP) is 2.12. The van der Waals surface area contributed by atoms with Crippen molar-refractivity contribution in [2.24, 2.45) is 0 Å². The molecule has 0 aliphatic rings. The van der Waals surface area contributed by atoms with Gasteiger partial charge in [-0.3, -0.25) is 9.20 Å². The Labute approximate surface area is 86.3 Å². The Kier molecular flexibility index (Phi) is 2.25. The fourth-order valence-corrected chi connectivity index (χ4v) is 1.58. The van der Waals surface area contributed by atoms with Gasteiger partial charge in [0.2, 0.25) is 0 Å². The summed E-state index contributed by atoms with van der Waals surface area (Å²) in [5, 5.41) is 0.602. The summed E-state index contributed by atoms with van der Waals surface area (Å²) in [4.78, 5) is 15.2. The molecule has 3 nitrogen and oxygen atoms in total. The Morgan fingerprint density at radius 3 is 3.00 bits per heavy atom. The third-order valence-corrected chi connectivity index (χ3v) is 2.23. The van der Waals surface area contributed by atoms with E-state index in [1.54, 1.807) is 23.6 Å². The third-order valence-electron chi connectivity index (χ3n) is 1.92. The number of rotatable bonds is 2. The summed E-state index contributed by atoms with van der Waals surface area (Å²) in [6.07, 6.45) is 2.15. The van der Waals surface area contributed by atoms with E-state index in [0.29, 0.717) is 11.6 Å². The Hall–Kier alpha value is -1.35. The lowest BCUT2D eigenvalue weighted by Gasteiger charge is -1.93. The molecular weight excluding hydrogens is 200 g/mol. The van der Waals surface area contributed by atoms with E-state index in [-0.39, 0.29) is 5.78 Å². The number of fused-ring (bicyclic) bond motifs is 1. The summed E-state index contributed by atoms with van der Waals surface area (Å²) in [6.45, 7) is 1.55. The molecule has 0 fully saturated rings. The van der Waals surface area contributed by atoms with Crippen molar-refractivity contribution < 1.29 is 4.79 Å². The number of hydrogen-bond donors (Lipinski definition) is 0. The number of pyridine rings is 1. The van der Waals surface area contributed by atoms with Crippen molar-refractivity contribution in [1.82, 2.24) is 9.38 Å². The number of nitrogens with zero attached hydrogens (tertiary/aromatic N) is 2. The first-order valence-corrected chi connectivity index (χ1v) is 4.66. The molecule has 72 valence electrons. The van der Waals surface area contributed by atoms with E-state index in [9.17, 15) is 4.79 Å². The lowest BCUT2D eigenvalue weighted by atomic mass is 10.2. The van der Waals surface area contributed by atoms with Crippen LogP contribution in [0.4, 0.5) is 0 Å². The number of aromatic nitrogens is 2. The van der Waals surface area contributed by atoms with Crippen molar-refractivity contribution in [3.63, 3.8) is 0 Å². The number of hydrogen-bond acceptors (Lipinski definition) is 2. The average molecular weight is 209 g/mol. The summed E-state index contributed by atoms with van der Waals surface area (Å²) < 4.78 is 1.76. The van der Waals surface area contributed by atoms with E-state index in [1.165, 1.54) is 0 Å². The molecular formula is C10H9ClN2O. The average Bonchev–Trinajstić information content (AvgIpc) is 2.47. The molecule has 14 heavy (non-hydrogen) atoms. The molecule has 0 aliphatic carbocycles. The molecule has 0 aromatic carbocycles. The summed E-state index contributed by atoms with van der Waals surface area (Å²) in [5.41, 5.74) is 1.53. The summed E-state index contributed by atoms with van der Waals surface area (Å²) >= 11 is 5.94. The highest BCUT2D eigenvalue weighted by Crippen LogP contribution is 2.13. The van der Waals surface area contributed by atoms with Crippen molar-refractivity contribution in [3.05, 3.63) is 35.2 Å². The molecule has 4 heteroatoms. The fraction of sp³-hybridized carbons (Fsp3) is 0.200. The summed E-state index contributed by atoms with van der Waals surface area (Å²) in [5.74, 6) is 0.101. The largest absolute Gasteiger partial charge is 0.300 e. The smallest absolute Gasteiger partial charge is 0.138 e. The van der Waals surface area contributed by atoms with E-state index in [2.05, 4.69) is 4.98 Å². The molecule has 0 saturated heterocycles. The lowest BCUT2D eigenvalue weighted by molar-refractivity contribution is -0.116. The number of Topliss-reactive ketones (excluding diaryl/α,β-unsaturated/α-hetero) is 1. The fourth-order valence-electron chi connectivity index (χ4n) is 1.37. The van der Waals surface area contributed by atoms with Crippen molar-refractivity contribution in [3.8, 4) is 0 Å². The van der Waals surface area contributed by atoms with E-state index in [0.717, 1.165) is 11.3 Å². The maximum absolute atomic E-state index is 10.9. The molecule has 2 aromatic rings. The van der Waals surface area contributed by atoms with Gasteiger partial charge in [-0.2, -0.15) is 0 Å². The molecule has 0 radical (unpaired) electrons. The SMILES string of the molecule is CC(=O)Cc1cn2c(Cl)cccc2n1. The van der Waals surface area contributed by atoms with Crippen molar-refractivity contribution in [2.75, 3.05) is 0 Å². The molecule has 2 rings (SSSR count). The van der Waals surface area contributed by atoms with Crippen LogP contribution < -0.4 is 0 Å². The molecule has 0 aliphatic heterocycles. The Morgan fingerprint density at radius 1 is 1.57 bits per heavy atom. The van der Waals surface area contributed by atoms with Crippen LogP contribution in [0, 0.1) is 0 Å². The van der Waals surface area contributed by atoms with Gasteiger partial charge >= 0.3 is 0 Å². The van der Waals surface area contributed by atoms with Gasteiger partial charge in [0, 0.05) is 12.6 Å². The van der Waals surface area contributed by atoms with Gasteiger partial charge in [0.25, 0.3) is 0 Å². The third kappa shape index (κ3) is 1.63. The Balaban J connectivity index is 2.51. The maximum Gasteiger partial charge on any atom is 0.138 e. The minimum absolute atomic E-state index is 0.101. The second kappa shape index (κ2) is 3.42. The maximum atomic E-state index is 10.9. The van der Waals surface area contributed by atoms with Crippen LogP contribution in [0.1, 0.15) is 12.6 Å². The molecule has 2 heterocycles. The zero-order valence-electron chi connectivity index (χ0n) is 7.70. The molecule has 0 bridgehead atoms. The molecule has 0 unspecified atom stereocenters. The van der Waals surface area contributed by atoms with Crippen molar-refractivity contribution >= 4 is 23.0 Å². The summed E-state index contributed by atoms with van der Waals surface area (Å²) in [6, 6.07) is 5.48. The van der Waals surface area contributed by atoms with Crippen LogP contribution in [-0.2, 0) is 11.2 Å². The van der Waals surface area contributed by atoms with Crippen LogP contribution in [0.2, 0.25) is 5.15 Å². The van der Waals surface area contributed by atoms with Crippen LogP contribution in [0.15, 0.2) is 24.4 Å². The number of halogens is 1. The van der Waals surface area contributed by atoms with E-state index in [4.69, 9.17) is 11.6 Å². The standard InChI is InChI=1S/C10H9ClN2O/c1-7(14)5-8-6-13-9(11)3-2-4-10(13)12-8/h2-4,6H,5H2,1H3. The van der Waals surface area contributed by atoms with Crippen LogP contribution in [0.5, 0.6) is 0 Å². The Bertz CT molecular complexity index is 490. The van der Waals surface area contributed by atoms with E-state index >= 15 is 0 Å². The van der Waals surface area contributed by atoms with Gasteiger partial charge in [0.15, 0.2) is 0 Å². The first-order chi connectivity index (χ1) is 6.66. The molecule has 0 atom stereocenters. The topological polar surface area (TPSA) is 34.4 Å². The Morgan fingerprint density at radius 2 is 2.36 bits per heavy atom. The minimum atomic E-state index is 0.101. The van der Waals surface area contributed by atoms with Gasteiger partial charge in [0.1, 0.15) is 16.6 Å². The monoisotopic (exact) mass is 208 g/mol. The van der Waals surface area contributed by atoms with Crippen LogP contribution in [0.25, 0.3) is 5.65 Å². The van der Waals surface area contributed by atoms with E-state index in [1.807, 2.05) is 12.1 Å². The van der Waals surface area contributed by atoms with Gasteiger partial charge in [-0.25, -0.2) is 4.98 Å². The van der Waals surface area contributed by atoms with Gasteiger partial charge in [-0.1, -0.05) is 17.7 Å². The van der Waals surface area contributed by atoms with Gasteiger partial charge in [-0.15, -0.1) is 0 Å². The normalized spacial score (nSPS) is 10.7. The number of ketones is 1. The van der Waals surface area contributed by atoms with Gasteiger partial charge < -0.3 is 0 Å². The summed E-state index contributed by atoms with van der Waals surface area (Å²) in [7, 11) is 0. The highest BCUT2D eigenvalue weighted by molar-refractivity contribution is 6.29. The zero-order valence-corrected chi connectivity index (χ0v) is 8.45. The molecule has 0 N–H and O–H groups in total. The number of imidazole rings is 1. The van der Waals surface area contributed by atoms with Crippen LogP contribution in [0.3, 0.4) is 0 Å². The molecule has 0 amide bonds. The van der Waals surface area contributed by atoms with E-state index < -0.39 is 0 Å². The zero-order chi connectivity index (χ0) is 10.1. The van der Waals surface area contributed by atoms with Crippen molar-refractivity contribution in [2.45, 2.75) is 13.3 Å². The lowest BCUT2D eigenvalue weighted by Crippen LogP contribution is -1.95. The number of carbonyl (C=O) groups is 1. The second-order valence-electron chi connectivity index (χ2n) is 3.19. The highest BCUT2D eigenvalue weighted by atomic mass is 35.5. The molecule has 2 aromatic heterocycles. The van der Waals surface area contributed by atoms with Gasteiger partial charge in [0.05, 0.1) is 5.69 Å². The number of carbonyl (C=O) groups excluding carboxylic acids is 1. The van der Waals surface area contributed by atoms with Gasteiger partial charge in [-0.05, 0) is 19.1 Å².